The van der Waals surface area contributed by atoms with Gasteiger partial charge in [0.25, 0.3) is 0 Å². The summed E-state index contributed by atoms with van der Waals surface area (Å²) in [7, 11) is -1.12. The number of benzene rings is 2. The van der Waals surface area contributed by atoms with Crippen LogP contribution in [0.15, 0.2) is 54.6 Å². The van der Waals surface area contributed by atoms with Crippen molar-refractivity contribution in [2.75, 3.05) is 0 Å². The SMILES string of the molecule is CC(C)(C)S(=O)N[C@@H](CCc1ccccc1)Cc1ccccc1CO. The van der Waals surface area contributed by atoms with Crippen LogP contribution in [0, 0.1) is 0 Å². The van der Waals surface area contributed by atoms with E-state index in [9.17, 15) is 9.32 Å². The van der Waals surface area contributed by atoms with E-state index in [-0.39, 0.29) is 17.4 Å². The molecule has 0 aliphatic carbocycles. The lowest BCUT2D eigenvalue weighted by Crippen LogP contribution is -2.41. The molecule has 25 heavy (non-hydrogen) atoms. The maximum absolute atomic E-state index is 12.6. The Kier molecular flexibility index (Phi) is 7.36. The van der Waals surface area contributed by atoms with Crippen LogP contribution in [0.4, 0.5) is 0 Å². The van der Waals surface area contributed by atoms with Gasteiger partial charge in [0.1, 0.15) is 0 Å². The Morgan fingerprint density at radius 1 is 1.00 bits per heavy atom. The first-order valence-corrected chi connectivity index (χ1v) is 9.94. The molecule has 2 N–H and O–H groups in total. The van der Waals surface area contributed by atoms with Gasteiger partial charge in [0.15, 0.2) is 0 Å². The van der Waals surface area contributed by atoms with E-state index >= 15 is 0 Å². The highest BCUT2D eigenvalue weighted by atomic mass is 32.2. The standard InChI is InChI=1S/C21H29NO2S/c1-21(2,3)25(24)22-20(14-13-17-9-5-4-6-10-17)15-18-11-7-8-12-19(18)16-23/h4-12,20,22-23H,13-16H2,1-3H3/t20-,25?/m0/s1. The van der Waals surface area contributed by atoms with Gasteiger partial charge in [-0.05, 0) is 56.7 Å². The predicted octanol–water partition coefficient (Wildman–Crippen LogP) is 3.77. The number of hydrogen-bond acceptors (Lipinski definition) is 2. The first kappa shape index (κ1) is 19.8. The summed E-state index contributed by atoms with van der Waals surface area (Å²) >= 11 is 0. The minimum Gasteiger partial charge on any atom is -0.392 e. The molecule has 0 fully saturated rings. The van der Waals surface area contributed by atoms with Gasteiger partial charge in [0.2, 0.25) is 0 Å². The van der Waals surface area contributed by atoms with Gasteiger partial charge in [-0.1, -0.05) is 54.6 Å². The van der Waals surface area contributed by atoms with Crippen molar-refractivity contribution in [1.82, 2.24) is 4.72 Å². The number of aryl methyl sites for hydroxylation is 1. The molecule has 2 rings (SSSR count). The van der Waals surface area contributed by atoms with Gasteiger partial charge in [0, 0.05) is 6.04 Å². The van der Waals surface area contributed by atoms with Crippen molar-refractivity contribution < 1.29 is 9.32 Å². The van der Waals surface area contributed by atoms with Crippen LogP contribution in [-0.4, -0.2) is 20.1 Å². The maximum atomic E-state index is 12.6. The first-order chi connectivity index (χ1) is 11.9. The second-order valence-corrected chi connectivity index (χ2v) is 9.35. The van der Waals surface area contributed by atoms with E-state index in [0.717, 1.165) is 30.4 Å². The highest BCUT2D eigenvalue weighted by Crippen LogP contribution is 2.17. The van der Waals surface area contributed by atoms with Crippen molar-refractivity contribution in [3.8, 4) is 0 Å². The molecule has 4 heteroatoms. The lowest BCUT2D eigenvalue weighted by Gasteiger charge is -2.25. The Morgan fingerprint density at radius 2 is 1.60 bits per heavy atom. The molecule has 0 aliphatic heterocycles. The Labute approximate surface area is 154 Å². The summed E-state index contributed by atoms with van der Waals surface area (Å²) < 4.78 is 15.6. The highest BCUT2D eigenvalue weighted by molar-refractivity contribution is 7.84. The second kappa shape index (κ2) is 9.27. The summed E-state index contributed by atoms with van der Waals surface area (Å²) in [5, 5.41) is 9.57. The predicted molar refractivity (Wildman–Crippen MR) is 106 cm³/mol. The van der Waals surface area contributed by atoms with Crippen LogP contribution in [0.1, 0.15) is 43.9 Å². The van der Waals surface area contributed by atoms with Crippen LogP contribution in [0.5, 0.6) is 0 Å². The molecule has 0 amide bonds. The normalized spacial score (nSPS) is 14.2. The smallest absolute Gasteiger partial charge is 0.0972 e. The number of aliphatic hydroxyl groups excluding tert-OH is 1. The zero-order chi connectivity index (χ0) is 18.3. The molecule has 0 aromatic heterocycles. The summed E-state index contributed by atoms with van der Waals surface area (Å²) in [6.45, 7) is 5.97. The summed E-state index contributed by atoms with van der Waals surface area (Å²) in [5.41, 5.74) is 3.34. The summed E-state index contributed by atoms with van der Waals surface area (Å²) in [5.74, 6) is 0. The van der Waals surface area contributed by atoms with E-state index in [0.29, 0.717) is 0 Å². The average Bonchev–Trinajstić information content (AvgIpc) is 2.60. The summed E-state index contributed by atoms with van der Waals surface area (Å²) in [6, 6.07) is 18.4. The highest BCUT2D eigenvalue weighted by Gasteiger charge is 2.23. The fourth-order valence-electron chi connectivity index (χ4n) is 2.69. The number of hydrogen-bond donors (Lipinski definition) is 2. The van der Waals surface area contributed by atoms with Crippen LogP contribution in [0.3, 0.4) is 0 Å². The quantitative estimate of drug-likeness (QED) is 0.754. The largest absolute Gasteiger partial charge is 0.392 e. The number of aliphatic hydroxyl groups is 1. The summed E-state index contributed by atoms with van der Waals surface area (Å²) in [6.07, 6.45) is 2.58. The molecule has 0 aliphatic rings. The average molecular weight is 360 g/mol. The number of rotatable bonds is 8. The topological polar surface area (TPSA) is 49.3 Å². The lowest BCUT2D eigenvalue weighted by molar-refractivity contribution is 0.280. The maximum Gasteiger partial charge on any atom is 0.0972 e. The van der Waals surface area contributed by atoms with Gasteiger partial charge in [-0.3, -0.25) is 0 Å². The van der Waals surface area contributed by atoms with Crippen LogP contribution >= 0.6 is 0 Å². The van der Waals surface area contributed by atoms with Crippen LogP contribution in [0.2, 0.25) is 0 Å². The zero-order valence-electron chi connectivity index (χ0n) is 15.4. The molecular weight excluding hydrogens is 330 g/mol. The van der Waals surface area contributed by atoms with Gasteiger partial charge in [-0.2, -0.15) is 0 Å². The van der Waals surface area contributed by atoms with E-state index in [1.54, 1.807) is 0 Å². The molecule has 0 spiro atoms. The zero-order valence-corrected chi connectivity index (χ0v) is 16.2. The molecule has 0 saturated heterocycles. The van der Waals surface area contributed by atoms with Crippen molar-refractivity contribution >= 4 is 11.0 Å². The van der Waals surface area contributed by atoms with Crippen molar-refractivity contribution in [2.24, 2.45) is 0 Å². The number of nitrogens with one attached hydrogen (secondary N) is 1. The molecule has 1 unspecified atom stereocenters. The van der Waals surface area contributed by atoms with Crippen LogP contribution < -0.4 is 4.72 Å². The monoisotopic (exact) mass is 359 g/mol. The molecule has 0 heterocycles. The van der Waals surface area contributed by atoms with Gasteiger partial charge >= 0.3 is 0 Å². The van der Waals surface area contributed by atoms with Crippen molar-refractivity contribution in [2.45, 2.75) is 57.4 Å². The molecule has 0 saturated carbocycles. The molecular formula is C21H29NO2S. The minimum absolute atomic E-state index is 0.0317. The third-order valence-corrected chi connectivity index (χ3v) is 5.87. The van der Waals surface area contributed by atoms with Crippen LogP contribution in [0.25, 0.3) is 0 Å². The van der Waals surface area contributed by atoms with Crippen molar-refractivity contribution in [3.63, 3.8) is 0 Å². The molecule has 3 nitrogen and oxygen atoms in total. The molecule has 0 bridgehead atoms. The third-order valence-electron chi connectivity index (χ3n) is 4.21. The van der Waals surface area contributed by atoms with E-state index in [4.69, 9.17) is 0 Å². The Hall–Kier alpha value is -1.49. The van der Waals surface area contributed by atoms with Crippen LogP contribution in [-0.2, 0) is 30.4 Å². The fourth-order valence-corrected chi connectivity index (χ4v) is 3.55. The second-order valence-electron chi connectivity index (χ2n) is 7.35. The third kappa shape index (κ3) is 6.38. The van der Waals surface area contributed by atoms with E-state index in [1.807, 2.05) is 63.2 Å². The van der Waals surface area contributed by atoms with Gasteiger partial charge in [-0.25, -0.2) is 8.93 Å². The van der Waals surface area contributed by atoms with Gasteiger partial charge in [-0.15, -0.1) is 0 Å². The van der Waals surface area contributed by atoms with Crippen molar-refractivity contribution in [1.29, 1.82) is 0 Å². The molecule has 0 radical (unpaired) electrons. The fraction of sp³-hybridized carbons (Fsp3) is 0.429. The van der Waals surface area contributed by atoms with E-state index in [2.05, 4.69) is 16.9 Å². The minimum atomic E-state index is -1.12. The Bertz CT molecular complexity index is 680. The van der Waals surface area contributed by atoms with Gasteiger partial charge < -0.3 is 5.11 Å². The lowest BCUT2D eigenvalue weighted by atomic mass is 9.97. The Balaban J connectivity index is 2.12. The molecule has 2 aromatic carbocycles. The van der Waals surface area contributed by atoms with Gasteiger partial charge in [0.05, 0.1) is 22.3 Å². The van der Waals surface area contributed by atoms with E-state index < -0.39 is 11.0 Å². The molecule has 136 valence electrons. The van der Waals surface area contributed by atoms with E-state index in [1.165, 1.54) is 5.56 Å². The van der Waals surface area contributed by atoms with Crippen molar-refractivity contribution in [3.05, 3.63) is 71.3 Å². The summed E-state index contributed by atoms with van der Waals surface area (Å²) in [4.78, 5) is 0. The first-order valence-electron chi connectivity index (χ1n) is 8.80. The Morgan fingerprint density at radius 3 is 2.20 bits per heavy atom. The molecule has 2 aromatic rings. The molecule has 2 atom stereocenters.